The highest BCUT2D eigenvalue weighted by atomic mass is 31.2. The van der Waals surface area contributed by atoms with Crippen molar-refractivity contribution in [3.8, 4) is 0 Å². The lowest BCUT2D eigenvalue weighted by molar-refractivity contribution is -0.870. The number of phosphoric ester groups is 1. The van der Waals surface area contributed by atoms with Gasteiger partial charge in [-0.05, 0) is 103 Å². The second-order valence-corrected chi connectivity index (χ2v) is 19.6. The monoisotopic (exact) mass is 953 g/mol. The van der Waals surface area contributed by atoms with E-state index < -0.39 is 13.9 Å². The van der Waals surface area contributed by atoms with Crippen LogP contribution in [0.1, 0.15) is 181 Å². The molecule has 0 spiro atoms. The molecule has 2 unspecified atom stereocenters. The minimum atomic E-state index is -4.30. The molecule has 0 heterocycles. The number of esters is 1. The molecule has 1 N–H and O–H groups in total. The van der Waals surface area contributed by atoms with Gasteiger partial charge in [-0.1, -0.05) is 193 Å². The molecule has 0 bridgehead atoms. The van der Waals surface area contributed by atoms with Gasteiger partial charge in [0.25, 0.3) is 0 Å². The van der Waals surface area contributed by atoms with Crippen LogP contribution in [0.2, 0.25) is 0 Å². The molecule has 0 saturated carbocycles. The smallest absolute Gasteiger partial charge is 0.457 e. The maximum absolute atomic E-state index is 12.8. The first-order valence-corrected chi connectivity index (χ1v) is 27.8. The van der Waals surface area contributed by atoms with Gasteiger partial charge in [0, 0.05) is 13.0 Å². The van der Waals surface area contributed by atoms with Crippen molar-refractivity contribution in [3.05, 3.63) is 122 Å². The molecule has 0 aliphatic carbocycles. The molecule has 8 nitrogen and oxygen atoms in total. The molecule has 0 aliphatic heterocycles. The topological polar surface area (TPSA) is 91.3 Å². The van der Waals surface area contributed by atoms with E-state index in [0.29, 0.717) is 24.1 Å². The summed E-state index contributed by atoms with van der Waals surface area (Å²) in [7, 11) is 1.63. The van der Waals surface area contributed by atoms with Crippen molar-refractivity contribution >= 4 is 13.8 Å². The number of ether oxygens (including phenoxy) is 2. The molecule has 0 aliphatic rings. The summed E-state index contributed by atoms with van der Waals surface area (Å²) >= 11 is 0. The zero-order valence-corrected chi connectivity index (χ0v) is 44.2. The van der Waals surface area contributed by atoms with Gasteiger partial charge in [0.1, 0.15) is 19.3 Å². The number of quaternary nitrogens is 1. The van der Waals surface area contributed by atoms with Crippen LogP contribution in [0.25, 0.3) is 0 Å². The molecule has 0 radical (unpaired) electrons. The number of likely N-dealkylation sites (N-methyl/N-ethyl adjacent to an activating group) is 1. The summed E-state index contributed by atoms with van der Waals surface area (Å²) in [6, 6.07) is 0. The fourth-order valence-electron chi connectivity index (χ4n) is 6.55. The highest BCUT2D eigenvalue weighted by molar-refractivity contribution is 7.47. The molecule has 67 heavy (non-hydrogen) atoms. The van der Waals surface area contributed by atoms with E-state index in [4.69, 9.17) is 18.5 Å². The molecule has 0 fully saturated rings. The first-order chi connectivity index (χ1) is 32.6. The van der Waals surface area contributed by atoms with Gasteiger partial charge in [-0.25, -0.2) is 4.57 Å². The molecule has 2 atom stereocenters. The van der Waals surface area contributed by atoms with Gasteiger partial charge in [0.2, 0.25) is 0 Å². The van der Waals surface area contributed by atoms with Crippen LogP contribution >= 0.6 is 7.82 Å². The van der Waals surface area contributed by atoms with E-state index in [2.05, 4.69) is 135 Å². The Morgan fingerprint density at radius 1 is 0.463 bits per heavy atom. The quantitative estimate of drug-likeness (QED) is 0.0214. The Bertz CT molecular complexity index is 1480. The van der Waals surface area contributed by atoms with Crippen LogP contribution in [0.4, 0.5) is 0 Å². The first-order valence-electron chi connectivity index (χ1n) is 26.3. The first kappa shape index (κ1) is 63.9. The number of carbonyl (C=O) groups excluding carboxylic acids is 1. The molecule has 0 aromatic rings. The molecule has 0 saturated heterocycles. The Hall–Kier alpha value is -3.10. The molecule has 0 rings (SSSR count). The van der Waals surface area contributed by atoms with Gasteiger partial charge in [0.05, 0.1) is 34.4 Å². The summed E-state index contributed by atoms with van der Waals surface area (Å²) in [5.41, 5.74) is 0. The van der Waals surface area contributed by atoms with E-state index in [-0.39, 0.29) is 25.8 Å². The van der Waals surface area contributed by atoms with E-state index in [9.17, 15) is 14.3 Å². The van der Waals surface area contributed by atoms with Crippen LogP contribution in [0.15, 0.2) is 122 Å². The standard InChI is InChI=1S/C58H98NO7P/c1-6-8-10-12-14-16-18-20-22-24-26-28-29-30-32-34-36-38-40-42-44-46-48-50-53-63-55-57(56-65-67(61,62)64-54-52-59(3,4)5)66-58(60)51-49-47-45-43-41-39-37-35-33-31-27-25-23-21-19-17-15-13-11-9-7-2/h8-11,14-17,20-23,26-28,30-32,35,37,57H,6-7,12-13,18-19,24-25,29,33-34,36,38-56H2,1-5H3/p+1/b10-8-,11-9-,16-14-,17-15-,22-20-,23-21-,28-26-,31-27-,32-30-,37-35-. The lowest BCUT2D eigenvalue weighted by atomic mass is 10.1. The minimum Gasteiger partial charge on any atom is -0.457 e. The number of allylic oxidation sites excluding steroid dienone is 20. The fourth-order valence-corrected chi connectivity index (χ4v) is 7.29. The van der Waals surface area contributed by atoms with Gasteiger partial charge >= 0.3 is 13.8 Å². The van der Waals surface area contributed by atoms with E-state index in [1.807, 2.05) is 21.1 Å². The number of carbonyl (C=O) groups is 1. The SMILES string of the molecule is CC/C=C\C/C=C\C/C=C\C/C=C\C/C=C\CCCCCCCCCCOCC(COP(=O)(O)OCC[N+](C)(C)C)OC(=O)CCCCCCC/C=C\C/C=C\C/C=C\C/C=C\C/C=C\CC. The van der Waals surface area contributed by atoms with Gasteiger partial charge in [-0.3, -0.25) is 13.8 Å². The Kier molecular flexibility index (Phi) is 47.0. The normalized spacial score (nSPS) is 14.5. The maximum atomic E-state index is 12.8. The van der Waals surface area contributed by atoms with E-state index in [1.165, 1.54) is 38.5 Å². The highest BCUT2D eigenvalue weighted by Gasteiger charge is 2.26. The number of rotatable bonds is 47. The lowest BCUT2D eigenvalue weighted by Crippen LogP contribution is -2.37. The Morgan fingerprint density at radius 2 is 0.821 bits per heavy atom. The number of hydrogen-bond donors (Lipinski definition) is 1. The third-order valence-electron chi connectivity index (χ3n) is 10.5. The van der Waals surface area contributed by atoms with Crippen molar-refractivity contribution in [1.82, 2.24) is 0 Å². The Labute approximate surface area is 412 Å². The summed E-state index contributed by atoms with van der Waals surface area (Å²) in [6.45, 7) is 5.32. The molecular formula is C58H99NO7P+. The largest absolute Gasteiger partial charge is 0.472 e. The third kappa shape index (κ3) is 53.7. The zero-order chi connectivity index (χ0) is 49.0. The zero-order valence-electron chi connectivity index (χ0n) is 43.3. The highest BCUT2D eigenvalue weighted by Crippen LogP contribution is 2.43. The van der Waals surface area contributed by atoms with Crippen LogP contribution in [0.3, 0.4) is 0 Å². The van der Waals surface area contributed by atoms with Gasteiger partial charge in [-0.2, -0.15) is 0 Å². The molecule has 0 amide bonds. The lowest BCUT2D eigenvalue weighted by Gasteiger charge is -2.24. The predicted molar refractivity (Wildman–Crippen MR) is 288 cm³/mol. The summed E-state index contributed by atoms with van der Waals surface area (Å²) in [6.07, 6.45) is 71.0. The number of unbranched alkanes of at least 4 members (excludes halogenated alkanes) is 13. The average molecular weight is 953 g/mol. The summed E-state index contributed by atoms with van der Waals surface area (Å²) in [5.74, 6) is -0.340. The molecule has 0 aromatic heterocycles. The average Bonchev–Trinajstić information content (AvgIpc) is 3.29. The van der Waals surface area contributed by atoms with Crippen LogP contribution in [-0.4, -0.2) is 75.6 Å². The minimum absolute atomic E-state index is 0.0751. The number of phosphoric acid groups is 1. The second kappa shape index (κ2) is 49.3. The number of nitrogens with zero attached hydrogens (tertiary/aromatic N) is 1. The Morgan fingerprint density at radius 3 is 1.22 bits per heavy atom. The van der Waals surface area contributed by atoms with Crippen LogP contribution in [0.5, 0.6) is 0 Å². The second-order valence-electron chi connectivity index (χ2n) is 18.1. The van der Waals surface area contributed by atoms with E-state index >= 15 is 0 Å². The molecular weight excluding hydrogens is 854 g/mol. The van der Waals surface area contributed by atoms with E-state index in [0.717, 1.165) is 122 Å². The molecule has 9 heteroatoms. The summed E-state index contributed by atoms with van der Waals surface area (Å²) < 4.78 is 35.2. The van der Waals surface area contributed by atoms with Crippen LogP contribution in [0, 0.1) is 0 Å². The van der Waals surface area contributed by atoms with Crippen LogP contribution < -0.4 is 0 Å². The van der Waals surface area contributed by atoms with Gasteiger partial charge in [-0.15, -0.1) is 0 Å². The summed E-state index contributed by atoms with van der Waals surface area (Å²) in [4.78, 5) is 23.0. The van der Waals surface area contributed by atoms with E-state index in [1.54, 1.807) is 0 Å². The predicted octanol–water partition coefficient (Wildman–Crippen LogP) is 16.5. The molecule has 0 aromatic carbocycles. The van der Waals surface area contributed by atoms with Crippen molar-refractivity contribution in [1.29, 1.82) is 0 Å². The van der Waals surface area contributed by atoms with Crippen molar-refractivity contribution in [2.24, 2.45) is 0 Å². The Balaban J connectivity index is 4.23. The van der Waals surface area contributed by atoms with Crippen molar-refractivity contribution < 1.29 is 37.3 Å². The van der Waals surface area contributed by atoms with Gasteiger partial charge in [0.15, 0.2) is 0 Å². The van der Waals surface area contributed by atoms with Crippen molar-refractivity contribution in [2.45, 2.75) is 187 Å². The van der Waals surface area contributed by atoms with Crippen LogP contribution in [-0.2, 0) is 27.9 Å². The maximum Gasteiger partial charge on any atom is 0.472 e. The summed E-state index contributed by atoms with van der Waals surface area (Å²) in [5, 5.41) is 0. The van der Waals surface area contributed by atoms with Gasteiger partial charge < -0.3 is 18.9 Å². The molecule has 382 valence electrons. The number of hydrogen-bond acceptors (Lipinski definition) is 6. The third-order valence-corrected chi connectivity index (χ3v) is 11.5. The van der Waals surface area contributed by atoms with Crippen molar-refractivity contribution in [2.75, 3.05) is 54.1 Å². The fraction of sp³-hybridized carbons (Fsp3) is 0.638. The van der Waals surface area contributed by atoms with Crippen molar-refractivity contribution in [3.63, 3.8) is 0 Å².